The van der Waals surface area contributed by atoms with Crippen molar-refractivity contribution in [2.45, 2.75) is 19.8 Å². The molecule has 0 saturated carbocycles. The van der Waals surface area contributed by atoms with Crippen LogP contribution in [0.5, 0.6) is 0 Å². The van der Waals surface area contributed by atoms with E-state index in [4.69, 9.17) is 23.2 Å². The summed E-state index contributed by atoms with van der Waals surface area (Å²) >= 11 is 11.8. The Bertz CT molecular complexity index is 620. The highest BCUT2D eigenvalue weighted by Crippen LogP contribution is 2.22. The predicted octanol–water partition coefficient (Wildman–Crippen LogP) is 4.23. The molecule has 110 valence electrons. The van der Waals surface area contributed by atoms with Gasteiger partial charge in [-0.15, -0.1) is 10.2 Å². The standard InChI is InChI=1S/C15H15Cl2N3O/c1-2-3-9-20(11-7-5-4-6-8-11)15(21)12-10-13(16)18-19-14(12)17/h4-8,10H,2-3,9H2,1H3. The Balaban J connectivity index is 2.36. The first-order chi connectivity index (χ1) is 10.1. The van der Waals surface area contributed by atoms with Gasteiger partial charge in [-0.3, -0.25) is 4.79 Å². The molecule has 0 unspecified atom stereocenters. The molecule has 0 fully saturated rings. The van der Waals surface area contributed by atoms with Crippen molar-refractivity contribution in [3.63, 3.8) is 0 Å². The van der Waals surface area contributed by atoms with Crippen LogP contribution in [0.15, 0.2) is 36.4 Å². The molecule has 0 spiro atoms. The van der Waals surface area contributed by atoms with E-state index in [0.717, 1.165) is 18.5 Å². The van der Waals surface area contributed by atoms with E-state index in [1.807, 2.05) is 30.3 Å². The molecule has 1 amide bonds. The van der Waals surface area contributed by atoms with Crippen LogP contribution in [-0.4, -0.2) is 22.6 Å². The number of halogens is 2. The molecular formula is C15H15Cl2N3O. The van der Waals surface area contributed by atoms with Gasteiger partial charge in [0, 0.05) is 12.2 Å². The molecule has 4 nitrogen and oxygen atoms in total. The molecule has 2 rings (SSSR count). The van der Waals surface area contributed by atoms with Crippen LogP contribution in [0.4, 0.5) is 5.69 Å². The van der Waals surface area contributed by atoms with Gasteiger partial charge in [0.2, 0.25) is 0 Å². The third kappa shape index (κ3) is 3.93. The maximum absolute atomic E-state index is 12.7. The Labute approximate surface area is 133 Å². The Morgan fingerprint density at radius 2 is 1.90 bits per heavy atom. The third-order valence-corrected chi connectivity index (χ3v) is 3.46. The van der Waals surface area contributed by atoms with E-state index in [1.54, 1.807) is 4.90 Å². The van der Waals surface area contributed by atoms with Crippen molar-refractivity contribution in [1.29, 1.82) is 0 Å². The number of amides is 1. The summed E-state index contributed by atoms with van der Waals surface area (Å²) in [5.74, 6) is -0.226. The molecule has 6 heteroatoms. The SMILES string of the molecule is CCCCN(C(=O)c1cc(Cl)nnc1Cl)c1ccccc1. The van der Waals surface area contributed by atoms with Gasteiger partial charge in [0.1, 0.15) is 0 Å². The van der Waals surface area contributed by atoms with Crippen LogP contribution in [0.1, 0.15) is 30.1 Å². The van der Waals surface area contributed by atoms with Gasteiger partial charge in [0.25, 0.3) is 5.91 Å². The minimum absolute atomic E-state index is 0.0572. The van der Waals surface area contributed by atoms with E-state index >= 15 is 0 Å². The van der Waals surface area contributed by atoms with Crippen LogP contribution in [0.3, 0.4) is 0 Å². The molecule has 21 heavy (non-hydrogen) atoms. The maximum atomic E-state index is 12.7. The Kier molecular flexibility index (Phi) is 5.53. The second-order valence-corrected chi connectivity index (χ2v) is 5.26. The summed E-state index contributed by atoms with van der Waals surface area (Å²) in [6.07, 6.45) is 1.88. The first-order valence-electron chi connectivity index (χ1n) is 6.69. The van der Waals surface area contributed by atoms with Gasteiger partial charge >= 0.3 is 0 Å². The molecule has 0 saturated heterocycles. The number of anilines is 1. The van der Waals surface area contributed by atoms with Crippen molar-refractivity contribution in [3.8, 4) is 0 Å². The van der Waals surface area contributed by atoms with Gasteiger partial charge in [-0.1, -0.05) is 54.7 Å². The van der Waals surface area contributed by atoms with Gasteiger partial charge in [0.05, 0.1) is 5.56 Å². The van der Waals surface area contributed by atoms with Gasteiger partial charge in [-0.25, -0.2) is 0 Å². The molecule has 0 radical (unpaired) electrons. The number of hydrogen-bond acceptors (Lipinski definition) is 3. The fourth-order valence-electron chi connectivity index (χ4n) is 1.92. The highest BCUT2D eigenvalue weighted by Gasteiger charge is 2.21. The Morgan fingerprint density at radius 3 is 2.57 bits per heavy atom. The topological polar surface area (TPSA) is 46.1 Å². The molecule has 0 atom stereocenters. The Morgan fingerprint density at radius 1 is 1.19 bits per heavy atom. The molecule has 1 aromatic carbocycles. The lowest BCUT2D eigenvalue weighted by atomic mass is 10.2. The number of carbonyl (C=O) groups is 1. The number of benzene rings is 1. The minimum atomic E-state index is -0.226. The molecular weight excluding hydrogens is 309 g/mol. The van der Waals surface area contributed by atoms with E-state index in [2.05, 4.69) is 17.1 Å². The van der Waals surface area contributed by atoms with Crippen molar-refractivity contribution in [2.24, 2.45) is 0 Å². The van der Waals surface area contributed by atoms with Crippen LogP contribution in [0.25, 0.3) is 0 Å². The highest BCUT2D eigenvalue weighted by molar-refractivity contribution is 6.34. The zero-order valence-corrected chi connectivity index (χ0v) is 13.1. The molecule has 1 heterocycles. The van der Waals surface area contributed by atoms with Crippen molar-refractivity contribution < 1.29 is 4.79 Å². The summed E-state index contributed by atoms with van der Waals surface area (Å²) in [5.41, 5.74) is 1.08. The fourth-order valence-corrected chi connectivity index (χ4v) is 2.24. The summed E-state index contributed by atoms with van der Waals surface area (Å²) in [6, 6.07) is 10.9. The van der Waals surface area contributed by atoms with Crippen molar-refractivity contribution in [3.05, 3.63) is 52.3 Å². The predicted molar refractivity (Wildman–Crippen MR) is 85.1 cm³/mol. The summed E-state index contributed by atoms with van der Waals surface area (Å²) in [6.45, 7) is 2.68. The number of unbranched alkanes of at least 4 members (excludes halogenated alkanes) is 1. The van der Waals surface area contributed by atoms with E-state index in [-0.39, 0.29) is 21.8 Å². The van der Waals surface area contributed by atoms with Crippen LogP contribution in [0, 0.1) is 0 Å². The van der Waals surface area contributed by atoms with Crippen LogP contribution in [0.2, 0.25) is 10.3 Å². The molecule has 0 aliphatic carbocycles. The lowest BCUT2D eigenvalue weighted by Gasteiger charge is -2.23. The first-order valence-corrected chi connectivity index (χ1v) is 7.44. The van der Waals surface area contributed by atoms with E-state index in [1.165, 1.54) is 6.07 Å². The van der Waals surface area contributed by atoms with E-state index in [0.29, 0.717) is 6.54 Å². The molecule has 0 bridgehead atoms. The van der Waals surface area contributed by atoms with Crippen LogP contribution >= 0.6 is 23.2 Å². The first kappa shape index (κ1) is 15.7. The van der Waals surface area contributed by atoms with Crippen molar-refractivity contribution in [1.82, 2.24) is 10.2 Å². The lowest BCUT2D eigenvalue weighted by Crippen LogP contribution is -2.32. The van der Waals surface area contributed by atoms with Crippen LogP contribution in [-0.2, 0) is 0 Å². The van der Waals surface area contributed by atoms with Gasteiger partial charge in [0.15, 0.2) is 10.3 Å². The average Bonchev–Trinajstić information content (AvgIpc) is 2.51. The highest BCUT2D eigenvalue weighted by atomic mass is 35.5. The van der Waals surface area contributed by atoms with Gasteiger partial charge in [-0.05, 0) is 24.6 Å². The van der Waals surface area contributed by atoms with E-state index in [9.17, 15) is 4.79 Å². The summed E-state index contributed by atoms with van der Waals surface area (Å²) in [7, 11) is 0. The molecule has 1 aromatic heterocycles. The summed E-state index contributed by atoms with van der Waals surface area (Å²) in [5, 5.41) is 7.52. The van der Waals surface area contributed by atoms with E-state index < -0.39 is 0 Å². The number of para-hydroxylation sites is 1. The summed E-state index contributed by atoms with van der Waals surface area (Å²) < 4.78 is 0. The number of nitrogens with zero attached hydrogens (tertiary/aromatic N) is 3. The second kappa shape index (κ2) is 7.38. The Hall–Kier alpha value is -1.65. The smallest absolute Gasteiger partial charge is 0.261 e. The number of carbonyl (C=O) groups excluding carboxylic acids is 1. The van der Waals surface area contributed by atoms with Gasteiger partial charge in [-0.2, -0.15) is 0 Å². The normalized spacial score (nSPS) is 10.4. The fraction of sp³-hybridized carbons (Fsp3) is 0.267. The van der Waals surface area contributed by atoms with Crippen molar-refractivity contribution in [2.75, 3.05) is 11.4 Å². The minimum Gasteiger partial charge on any atom is -0.308 e. The second-order valence-electron chi connectivity index (χ2n) is 4.52. The maximum Gasteiger partial charge on any atom is 0.261 e. The molecule has 0 N–H and O–H groups in total. The number of rotatable bonds is 5. The summed E-state index contributed by atoms with van der Waals surface area (Å²) in [4.78, 5) is 14.4. The average molecular weight is 324 g/mol. The monoisotopic (exact) mass is 323 g/mol. The number of aromatic nitrogens is 2. The van der Waals surface area contributed by atoms with Gasteiger partial charge < -0.3 is 4.90 Å². The lowest BCUT2D eigenvalue weighted by molar-refractivity contribution is 0.0986. The zero-order valence-electron chi connectivity index (χ0n) is 11.6. The van der Waals surface area contributed by atoms with Crippen molar-refractivity contribution >= 4 is 34.8 Å². The zero-order chi connectivity index (χ0) is 15.2. The quantitative estimate of drug-likeness (QED) is 0.827. The molecule has 2 aromatic rings. The molecule has 0 aliphatic rings. The molecule has 0 aliphatic heterocycles. The largest absolute Gasteiger partial charge is 0.308 e. The number of hydrogen-bond donors (Lipinski definition) is 0. The third-order valence-electron chi connectivity index (χ3n) is 3.00. The van der Waals surface area contributed by atoms with Crippen LogP contribution < -0.4 is 4.90 Å².